The number of carbonyl (C=O) groups is 1. The molecule has 1 atom stereocenters. The van der Waals surface area contributed by atoms with Crippen LogP contribution in [0.5, 0.6) is 0 Å². The van der Waals surface area contributed by atoms with Crippen molar-refractivity contribution in [2.24, 2.45) is 0 Å². The van der Waals surface area contributed by atoms with E-state index in [9.17, 15) is 20.0 Å². The lowest BCUT2D eigenvalue weighted by Gasteiger charge is -2.20. The van der Waals surface area contributed by atoms with Gasteiger partial charge in [0, 0.05) is 25.6 Å². The van der Waals surface area contributed by atoms with Gasteiger partial charge in [-0.25, -0.2) is 0 Å². The minimum Gasteiger partial charge on any atom is -0.386 e. The number of amides is 1. The number of rotatable bonds is 4. The molecule has 0 aliphatic carbocycles. The van der Waals surface area contributed by atoms with E-state index in [0.29, 0.717) is 13.0 Å². The third kappa shape index (κ3) is 3.14. The van der Waals surface area contributed by atoms with Gasteiger partial charge in [0.15, 0.2) is 0 Å². The Bertz CT molecular complexity index is 543. The molecule has 8 heteroatoms. The Morgan fingerprint density at radius 3 is 2.95 bits per heavy atom. The van der Waals surface area contributed by atoms with Gasteiger partial charge < -0.3 is 15.2 Å². The molecule has 1 aromatic rings. The summed E-state index contributed by atoms with van der Waals surface area (Å²) in [6.07, 6.45) is 0.448. The van der Waals surface area contributed by atoms with E-state index in [0.717, 1.165) is 0 Å². The highest BCUT2D eigenvalue weighted by atomic mass is 79.9. The Balaban J connectivity index is 2.09. The predicted molar refractivity (Wildman–Crippen MR) is 73.5 cm³/mol. The Hall–Kier alpha value is -1.51. The minimum atomic E-state index is -1.07. The smallest absolute Gasteiger partial charge is 0.284 e. The maximum atomic E-state index is 12.0. The van der Waals surface area contributed by atoms with Crippen molar-refractivity contribution in [2.75, 3.05) is 19.8 Å². The van der Waals surface area contributed by atoms with Gasteiger partial charge in [0.25, 0.3) is 11.6 Å². The summed E-state index contributed by atoms with van der Waals surface area (Å²) in [6, 6.07) is 4.21. The first-order valence-electron chi connectivity index (χ1n) is 5.94. The van der Waals surface area contributed by atoms with Crippen LogP contribution in [0.15, 0.2) is 22.7 Å². The van der Waals surface area contributed by atoms with Crippen LogP contribution in [0.25, 0.3) is 0 Å². The van der Waals surface area contributed by atoms with Crippen molar-refractivity contribution < 1.29 is 19.6 Å². The van der Waals surface area contributed by atoms with Gasteiger partial charge in [-0.05, 0) is 22.0 Å². The van der Waals surface area contributed by atoms with Gasteiger partial charge >= 0.3 is 0 Å². The number of aliphatic hydroxyl groups is 1. The molecular weight excluding hydrogens is 332 g/mol. The van der Waals surface area contributed by atoms with Gasteiger partial charge in [0.1, 0.15) is 10.1 Å². The summed E-state index contributed by atoms with van der Waals surface area (Å²) in [5.74, 6) is -0.485. The van der Waals surface area contributed by atoms with Crippen molar-refractivity contribution >= 4 is 27.5 Å². The molecule has 2 N–H and O–H groups in total. The molecule has 20 heavy (non-hydrogen) atoms. The lowest BCUT2D eigenvalue weighted by molar-refractivity contribution is -0.385. The van der Waals surface area contributed by atoms with Gasteiger partial charge in [-0.2, -0.15) is 0 Å². The van der Waals surface area contributed by atoms with Crippen LogP contribution >= 0.6 is 15.9 Å². The fourth-order valence-electron chi connectivity index (χ4n) is 1.91. The van der Waals surface area contributed by atoms with Crippen molar-refractivity contribution in [3.05, 3.63) is 38.3 Å². The lowest BCUT2D eigenvalue weighted by Crippen LogP contribution is -2.43. The van der Waals surface area contributed by atoms with Gasteiger partial charge in [-0.15, -0.1) is 0 Å². The highest BCUT2D eigenvalue weighted by Crippen LogP contribution is 2.28. The highest BCUT2D eigenvalue weighted by molar-refractivity contribution is 9.10. The van der Waals surface area contributed by atoms with Crippen LogP contribution in [0.1, 0.15) is 16.8 Å². The molecule has 7 nitrogen and oxygen atoms in total. The Morgan fingerprint density at radius 2 is 2.35 bits per heavy atom. The summed E-state index contributed by atoms with van der Waals surface area (Å²) < 4.78 is 5.19. The number of nitrogens with zero attached hydrogens (tertiary/aromatic N) is 1. The molecule has 1 amide bonds. The molecule has 1 heterocycles. The molecule has 0 spiro atoms. The highest BCUT2D eigenvalue weighted by Gasteiger charge is 2.33. The summed E-state index contributed by atoms with van der Waals surface area (Å²) in [7, 11) is 0. The maximum Gasteiger partial charge on any atom is 0.284 e. The second kappa shape index (κ2) is 5.86. The van der Waals surface area contributed by atoms with E-state index in [1.54, 1.807) is 0 Å². The number of nitro benzene ring substituents is 1. The normalized spacial score (nSPS) is 21.7. The second-order valence-electron chi connectivity index (χ2n) is 4.61. The molecule has 0 bridgehead atoms. The average Bonchev–Trinajstić information content (AvgIpc) is 2.83. The molecule has 0 saturated carbocycles. The Kier molecular flexibility index (Phi) is 4.36. The first-order valence-corrected chi connectivity index (χ1v) is 6.73. The van der Waals surface area contributed by atoms with Crippen molar-refractivity contribution in [1.29, 1.82) is 0 Å². The van der Waals surface area contributed by atoms with E-state index in [1.165, 1.54) is 18.2 Å². The zero-order valence-corrected chi connectivity index (χ0v) is 12.1. The first kappa shape index (κ1) is 14.9. The molecule has 108 valence electrons. The minimum absolute atomic E-state index is 0.0426. The first-order chi connectivity index (χ1) is 9.43. The van der Waals surface area contributed by atoms with E-state index in [4.69, 9.17) is 4.74 Å². The molecule has 0 radical (unpaired) electrons. The summed E-state index contributed by atoms with van der Waals surface area (Å²) in [5.41, 5.74) is -1.09. The van der Waals surface area contributed by atoms with Crippen molar-refractivity contribution in [2.45, 2.75) is 12.0 Å². The number of halogens is 1. The fourth-order valence-corrected chi connectivity index (χ4v) is 2.50. The number of nitrogens with one attached hydrogen (secondary N) is 1. The summed E-state index contributed by atoms with van der Waals surface area (Å²) in [5, 5.41) is 23.4. The average molecular weight is 345 g/mol. The third-order valence-electron chi connectivity index (χ3n) is 3.08. The molecule has 1 unspecified atom stereocenters. The fraction of sp³-hybridized carbons (Fsp3) is 0.417. The van der Waals surface area contributed by atoms with Gasteiger partial charge in [-0.3, -0.25) is 14.9 Å². The predicted octanol–water partition coefficient (Wildman–Crippen LogP) is 1.24. The van der Waals surface area contributed by atoms with Crippen molar-refractivity contribution in [3.63, 3.8) is 0 Å². The Morgan fingerprint density at radius 1 is 1.60 bits per heavy atom. The summed E-state index contributed by atoms with van der Waals surface area (Å²) >= 11 is 3.06. The summed E-state index contributed by atoms with van der Waals surface area (Å²) in [6.45, 7) is 0.664. The van der Waals surface area contributed by atoms with E-state index in [1.807, 2.05) is 0 Å². The largest absolute Gasteiger partial charge is 0.386 e. The molecule has 1 aromatic carbocycles. The molecule has 2 rings (SSSR count). The van der Waals surface area contributed by atoms with E-state index >= 15 is 0 Å². The number of ether oxygens (including phenoxy) is 1. The number of hydrogen-bond acceptors (Lipinski definition) is 5. The van der Waals surface area contributed by atoms with E-state index in [-0.39, 0.29) is 28.9 Å². The summed E-state index contributed by atoms with van der Waals surface area (Å²) in [4.78, 5) is 22.3. The van der Waals surface area contributed by atoms with Crippen molar-refractivity contribution in [3.8, 4) is 0 Å². The topological polar surface area (TPSA) is 102 Å². The van der Waals surface area contributed by atoms with Crippen LogP contribution in [-0.2, 0) is 4.74 Å². The molecule has 1 saturated heterocycles. The van der Waals surface area contributed by atoms with Gasteiger partial charge in [-0.1, -0.05) is 6.07 Å². The number of hydrogen-bond donors (Lipinski definition) is 2. The van der Waals surface area contributed by atoms with Crippen LogP contribution in [0, 0.1) is 10.1 Å². The molecule has 1 aliphatic heterocycles. The van der Waals surface area contributed by atoms with Gasteiger partial charge in [0.2, 0.25) is 0 Å². The second-order valence-corrected chi connectivity index (χ2v) is 5.40. The number of nitro groups is 1. The quantitative estimate of drug-likeness (QED) is 0.631. The number of carbonyl (C=O) groups excluding carboxylic acids is 1. The monoisotopic (exact) mass is 344 g/mol. The van der Waals surface area contributed by atoms with Crippen LogP contribution in [0.3, 0.4) is 0 Å². The Labute approximate surface area is 123 Å². The molecule has 1 aliphatic rings. The maximum absolute atomic E-state index is 12.0. The zero-order chi connectivity index (χ0) is 14.8. The van der Waals surface area contributed by atoms with Crippen LogP contribution < -0.4 is 5.32 Å². The zero-order valence-electron chi connectivity index (χ0n) is 10.5. The van der Waals surface area contributed by atoms with E-state index < -0.39 is 16.4 Å². The number of benzene rings is 1. The molecule has 0 aromatic heterocycles. The van der Waals surface area contributed by atoms with Crippen LogP contribution in [0.2, 0.25) is 0 Å². The molecular formula is C12H13BrN2O5. The lowest BCUT2D eigenvalue weighted by atomic mass is 10.0. The SMILES string of the molecule is O=C(NCC1(O)CCOC1)c1cccc([N+](=O)[O-])c1Br. The van der Waals surface area contributed by atoms with Crippen LogP contribution in [-0.4, -0.2) is 41.3 Å². The third-order valence-corrected chi connectivity index (χ3v) is 3.91. The van der Waals surface area contributed by atoms with E-state index in [2.05, 4.69) is 21.2 Å². The standard InChI is InChI=1S/C12H13BrN2O5/c13-10-8(2-1-3-9(10)15(18)19)11(16)14-6-12(17)4-5-20-7-12/h1-3,17H,4-7H2,(H,14,16). The van der Waals surface area contributed by atoms with Crippen LogP contribution in [0.4, 0.5) is 5.69 Å². The van der Waals surface area contributed by atoms with Crippen molar-refractivity contribution in [1.82, 2.24) is 5.32 Å². The van der Waals surface area contributed by atoms with Gasteiger partial charge in [0.05, 0.1) is 17.1 Å². The molecule has 1 fully saturated rings.